The largest absolute Gasteiger partial charge is 0.508 e. The summed E-state index contributed by atoms with van der Waals surface area (Å²) in [4.78, 5) is 25.6. The van der Waals surface area contributed by atoms with Gasteiger partial charge in [0.15, 0.2) is 0 Å². The van der Waals surface area contributed by atoms with Crippen LogP contribution in [-0.2, 0) is 15.0 Å². The first-order chi connectivity index (χ1) is 13.4. The molecule has 28 heavy (non-hydrogen) atoms. The number of aromatic hydroxyl groups is 1. The predicted octanol–water partition coefficient (Wildman–Crippen LogP) is 2.04. The number of methoxy groups -OCH3 is 2. The van der Waals surface area contributed by atoms with Gasteiger partial charge in [-0.1, -0.05) is 12.1 Å². The molecule has 7 heteroatoms. The van der Waals surface area contributed by atoms with E-state index in [1.54, 1.807) is 13.2 Å². The maximum Gasteiger partial charge on any atom is 0.246 e. The number of nitrogens with one attached hydrogen (secondary N) is 2. The lowest BCUT2D eigenvalue weighted by atomic mass is 9.93. The van der Waals surface area contributed by atoms with Crippen molar-refractivity contribution in [1.82, 2.24) is 10.6 Å². The van der Waals surface area contributed by atoms with Crippen LogP contribution in [0.5, 0.6) is 17.2 Å². The van der Waals surface area contributed by atoms with Crippen LogP contribution in [0.25, 0.3) is 0 Å². The number of carbonyl (C=O) groups excluding carboxylic acids is 2. The van der Waals surface area contributed by atoms with Crippen LogP contribution >= 0.6 is 0 Å². The molecule has 0 bridgehead atoms. The quantitative estimate of drug-likeness (QED) is 0.679. The molecule has 1 atom stereocenters. The highest BCUT2D eigenvalue weighted by Gasteiger charge is 2.52. The van der Waals surface area contributed by atoms with Gasteiger partial charge in [0.05, 0.1) is 19.6 Å². The Kier molecular flexibility index (Phi) is 5.44. The van der Waals surface area contributed by atoms with E-state index < -0.39 is 11.5 Å². The zero-order chi connectivity index (χ0) is 20.3. The van der Waals surface area contributed by atoms with Crippen molar-refractivity contribution in [1.29, 1.82) is 0 Å². The standard InChI is InChI=1S/C21H24N2O5/c1-22-19(25)18(13-10-15(24)12-17(11-13)28-3)23-20(26)21(8-9-21)14-4-6-16(27-2)7-5-14/h4-7,10-12,18,24H,8-9H2,1-3H3,(H,22,25)(H,23,26). The molecule has 0 aliphatic heterocycles. The lowest BCUT2D eigenvalue weighted by molar-refractivity contribution is -0.130. The predicted molar refractivity (Wildman–Crippen MR) is 104 cm³/mol. The topological polar surface area (TPSA) is 96.9 Å². The summed E-state index contributed by atoms with van der Waals surface area (Å²) in [6.45, 7) is 0. The minimum atomic E-state index is -0.950. The molecule has 7 nitrogen and oxygen atoms in total. The third-order valence-electron chi connectivity index (χ3n) is 5.09. The van der Waals surface area contributed by atoms with Gasteiger partial charge in [-0.3, -0.25) is 9.59 Å². The van der Waals surface area contributed by atoms with Gasteiger partial charge in [-0.15, -0.1) is 0 Å². The van der Waals surface area contributed by atoms with Crippen molar-refractivity contribution in [3.63, 3.8) is 0 Å². The number of hydrogen-bond donors (Lipinski definition) is 3. The average molecular weight is 384 g/mol. The van der Waals surface area contributed by atoms with Crippen LogP contribution in [0.1, 0.15) is 30.0 Å². The molecule has 3 rings (SSSR count). The lowest BCUT2D eigenvalue weighted by Crippen LogP contribution is -2.43. The van der Waals surface area contributed by atoms with E-state index in [9.17, 15) is 14.7 Å². The number of phenolic OH excluding ortho intramolecular Hbond substituents is 1. The zero-order valence-electron chi connectivity index (χ0n) is 16.1. The van der Waals surface area contributed by atoms with Crippen molar-refractivity contribution in [2.45, 2.75) is 24.3 Å². The Hall–Kier alpha value is -3.22. The van der Waals surface area contributed by atoms with Crippen LogP contribution in [0.3, 0.4) is 0 Å². The fourth-order valence-corrected chi connectivity index (χ4v) is 3.29. The minimum Gasteiger partial charge on any atom is -0.508 e. The van der Waals surface area contributed by atoms with Gasteiger partial charge < -0.3 is 25.2 Å². The molecular weight excluding hydrogens is 360 g/mol. The van der Waals surface area contributed by atoms with E-state index in [0.717, 1.165) is 11.3 Å². The summed E-state index contributed by atoms with van der Waals surface area (Å²) < 4.78 is 10.3. The summed E-state index contributed by atoms with van der Waals surface area (Å²) in [5.41, 5.74) is 0.671. The number of ether oxygens (including phenoxy) is 2. The van der Waals surface area contributed by atoms with Crippen molar-refractivity contribution in [3.8, 4) is 17.2 Å². The maximum atomic E-state index is 13.1. The summed E-state index contributed by atoms with van der Waals surface area (Å²) >= 11 is 0. The van der Waals surface area contributed by atoms with E-state index >= 15 is 0 Å². The first-order valence-corrected chi connectivity index (χ1v) is 8.98. The number of likely N-dealkylation sites (N-methyl/N-ethyl adjacent to an activating group) is 1. The molecule has 1 saturated carbocycles. The van der Waals surface area contributed by atoms with Crippen LogP contribution in [0.2, 0.25) is 0 Å². The smallest absolute Gasteiger partial charge is 0.246 e. The van der Waals surface area contributed by atoms with Crippen LogP contribution in [0.4, 0.5) is 0 Å². The third kappa shape index (κ3) is 3.74. The number of phenols is 1. The molecular formula is C21H24N2O5. The van der Waals surface area contributed by atoms with Crippen LogP contribution in [0, 0.1) is 0 Å². The number of amides is 2. The van der Waals surface area contributed by atoms with Gasteiger partial charge in [0.1, 0.15) is 23.3 Å². The number of hydrogen-bond acceptors (Lipinski definition) is 5. The number of rotatable bonds is 7. The highest BCUT2D eigenvalue weighted by atomic mass is 16.5. The summed E-state index contributed by atoms with van der Waals surface area (Å²) in [6.07, 6.45) is 1.41. The molecule has 0 radical (unpaired) electrons. The molecule has 2 aromatic carbocycles. The molecule has 1 aliphatic rings. The second-order valence-electron chi connectivity index (χ2n) is 6.80. The first-order valence-electron chi connectivity index (χ1n) is 8.98. The van der Waals surface area contributed by atoms with E-state index in [-0.39, 0.29) is 17.6 Å². The first kappa shape index (κ1) is 19.5. The Bertz CT molecular complexity index is 875. The van der Waals surface area contributed by atoms with Gasteiger partial charge in [-0.25, -0.2) is 0 Å². The third-order valence-corrected chi connectivity index (χ3v) is 5.09. The Morgan fingerprint density at radius 2 is 1.68 bits per heavy atom. The molecule has 0 saturated heterocycles. The van der Waals surface area contributed by atoms with Crippen LogP contribution in [-0.4, -0.2) is 38.2 Å². The van der Waals surface area contributed by atoms with Crippen LogP contribution < -0.4 is 20.1 Å². The molecule has 2 amide bonds. The molecule has 1 aliphatic carbocycles. The maximum absolute atomic E-state index is 13.1. The van der Waals surface area contributed by atoms with E-state index in [4.69, 9.17) is 9.47 Å². The van der Waals surface area contributed by atoms with Crippen molar-refractivity contribution in [2.24, 2.45) is 0 Å². The van der Waals surface area contributed by atoms with E-state index in [2.05, 4.69) is 10.6 Å². The van der Waals surface area contributed by atoms with E-state index in [1.165, 1.54) is 26.3 Å². The van der Waals surface area contributed by atoms with Crippen molar-refractivity contribution < 1.29 is 24.2 Å². The fourth-order valence-electron chi connectivity index (χ4n) is 3.29. The monoisotopic (exact) mass is 384 g/mol. The summed E-state index contributed by atoms with van der Waals surface area (Å²) in [5.74, 6) is 0.457. The zero-order valence-corrected chi connectivity index (χ0v) is 16.1. The van der Waals surface area contributed by atoms with Gasteiger partial charge in [0.25, 0.3) is 0 Å². The second kappa shape index (κ2) is 7.80. The summed E-state index contributed by atoms with van der Waals surface area (Å²) in [5, 5.41) is 15.3. The Balaban J connectivity index is 1.88. The van der Waals surface area contributed by atoms with Gasteiger partial charge in [0.2, 0.25) is 11.8 Å². The Morgan fingerprint density at radius 3 is 2.21 bits per heavy atom. The highest BCUT2D eigenvalue weighted by Crippen LogP contribution is 2.49. The van der Waals surface area contributed by atoms with E-state index in [1.807, 2.05) is 24.3 Å². The molecule has 0 heterocycles. The summed E-state index contributed by atoms with van der Waals surface area (Å²) in [6, 6.07) is 10.9. The van der Waals surface area contributed by atoms with Crippen LogP contribution in [0.15, 0.2) is 42.5 Å². The summed E-state index contributed by atoms with van der Waals surface area (Å²) in [7, 11) is 4.55. The SMILES string of the molecule is CNC(=O)C(NC(=O)C1(c2ccc(OC)cc2)CC1)c1cc(O)cc(OC)c1. The molecule has 1 unspecified atom stereocenters. The normalized spacial score (nSPS) is 15.2. The fraction of sp³-hybridized carbons (Fsp3) is 0.333. The van der Waals surface area contributed by atoms with Crippen molar-refractivity contribution in [2.75, 3.05) is 21.3 Å². The molecule has 3 N–H and O–H groups in total. The lowest BCUT2D eigenvalue weighted by Gasteiger charge is -2.23. The van der Waals surface area contributed by atoms with E-state index in [0.29, 0.717) is 24.2 Å². The molecule has 1 fully saturated rings. The molecule has 0 aromatic heterocycles. The molecule has 2 aromatic rings. The number of carbonyl (C=O) groups is 2. The van der Waals surface area contributed by atoms with Crippen molar-refractivity contribution in [3.05, 3.63) is 53.6 Å². The molecule has 148 valence electrons. The average Bonchev–Trinajstić information content (AvgIpc) is 3.53. The Labute approximate surface area is 163 Å². The molecule has 0 spiro atoms. The Morgan fingerprint density at radius 1 is 1.04 bits per heavy atom. The highest BCUT2D eigenvalue weighted by molar-refractivity contribution is 5.95. The van der Waals surface area contributed by atoms with Gasteiger partial charge in [-0.2, -0.15) is 0 Å². The van der Waals surface area contributed by atoms with Gasteiger partial charge in [-0.05, 0) is 48.2 Å². The second-order valence-corrected chi connectivity index (χ2v) is 6.80. The van der Waals surface area contributed by atoms with Gasteiger partial charge in [0, 0.05) is 13.1 Å². The van der Waals surface area contributed by atoms with Gasteiger partial charge >= 0.3 is 0 Å². The minimum absolute atomic E-state index is 0.0474. The number of benzene rings is 2. The van der Waals surface area contributed by atoms with Crippen molar-refractivity contribution >= 4 is 11.8 Å².